The molecule has 0 fully saturated rings. The summed E-state index contributed by atoms with van der Waals surface area (Å²) < 4.78 is 0. The SMILES string of the molecule is CCCC(=O)ONC(=O)c1ccccc1. The van der Waals surface area contributed by atoms with E-state index in [4.69, 9.17) is 0 Å². The Morgan fingerprint density at radius 1 is 1.27 bits per heavy atom. The van der Waals surface area contributed by atoms with Crippen LogP contribution in [0.2, 0.25) is 0 Å². The van der Waals surface area contributed by atoms with Crippen LogP contribution in [0.1, 0.15) is 30.1 Å². The fourth-order valence-electron chi connectivity index (χ4n) is 1.01. The predicted octanol–water partition coefficient (Wildman–Crippen LogP) is 1.67. The molecule has 0 bridgehead atoms. The largest absolute Gasteiger partial charge is 0.341 e. The zero-order valence-corrected chi connectivity index (χ0v) is 8.53. The third-order valence-electron chi connectivity index (χ3n) is 1.75. The lowest BCUT2D eigenvalue weighted by Gasteiger charge is -2.04. The second-order valence-corrected chi connectivity index (χ2v) is 3.02. The van der Waals surface area contributed by atoms with Crippen LogP contribution in [0, 0.1) is 0 Å². The van der Waals surface area contributed by atoms with Crippen molar-refractivity contribution >= 4 is 11.9 Å². The maximum absolute atomic E-state index is 11.4. The van der Waals surface area contributed by atoms with E-state index in [1.54, 1.807) is 30.3 Å². The van der Waals surface area contributed by atoms with Gasteiger partial charge in [-0.25, -0.2) is 4.79 Å². The van der Waals surface area contributed by atoms with Crippen LogP contribution in [-0.4, -0.2) is 11.9 Å². The van der Waals surface area contributed by atoms with Crippen LogP contribution in [0.5, 0.6) is 0 Å². The average molecular weight is 207 g/mol. The first-order valence-electron chi connectivity index (χ1n) is 4.79. The Morgan fingerprint density at radius 3 is 2.53 bits per heavy atom. The molecule has 0 atom stereocenters. The van der Waals surface area contributed by atoms with Crippen molar-refractivity contribution in [2.45, 2.75) is 19.8 Å². The van der Waals surface area contributed by atoms with E-state index in [1.807, 2.05) is 6.92 Å². The summed E-state index contributed by atoms with van der Waals surface area (Å²) in [4.78, 5) is 26.9. The van der Waals surface area contributed by atoms with E-state index in [9.17, 15) is 9.59 Å². The smallest absolute Gasteiger partial charge is 0.332 e. The van der Waals surface area contributed by atoms with Crippen LogP contribution < -0.4 is 5.48 Å². The number of nitrogens with one attached hydrogen (secondary N) is 1. The van der Waals surface area contributed by atoms with Gasteiger partial charge in [-0.05, 0) is 18.6 Å². The number of hydroxylamine groups is 1. The number of benzene rings is 1. The molecule has 0 aromatic heterocycles. The Balaban J connectivity index is 2.40. The second-order valence-electron chi connectivity index (χ2n) is 3.02. The van der Waals surface area contributed by atoms with Crippen molar-refractivity contribution < 1.29 is 14.4 Å². The highest BCUT2D eigenvalue weighted by molar-refractivity contribution is 5.94. The molecule has 0 heterocycles. The molecule has 0 aliphatic carbocycles. The quantitative estimate of drug-likeness (QED) is 0.767. The predicted molar refractivity (Wildman–Crippen MR) is 54.9 cm³/mol. The average Bonchev–Trinajstić information content (AvgIpc) is 2.27. The molecule has 0 aliphatic heterocycles. The van der Waals surface area contributed by atoms with Gasteiger partial charge in [0.2, 0.25) is 0 Å². The Labute approximate surface area is 88.2 Å². The molecular formula is C11H13NO3. The third-order valence-corrected chi connectivity index (χ3v) is 1.75. The molecule has 0 spiro atoms. The van der Waals surface area contributed by atoms with E-state index in [0.29, 0.717) is 18.4 Å². The Bertz CT molecular complexity index is 335. The number of rotatable bonds is 3. The van der Waals surface area contributed by atoms with Crippen molar-refractivity contribution in [3.8, 4) is 0 Å². The van der Waals surface area contributed by atoms with E-state index < -0.39 is 11.9 Å². The van der Waals surface area contributed by atoms with Crippen LogP contribution in [0.15, 0.2) is 30.3 Å². The highest BCUT2D eigenvalue weighted by atomic mass is 16.7. The summed E-state index contributed by atoms with van der Waals surface area (Å²) in [5.41, 5.74) is 2.56. The lowest BCUT2D eigenvalue weighted by Crippen LogP contribution is -2.26. The van der Waals surface area contributed by atoms with Crippen LogP contribution in [0.25, 0.3) is 0 Å². The van der Waals surface area contributed by atoms with Crippen molar-refractivity contribution in [3.63, 3.8) is 0 Å². The normalized spacial score (nSPS) is 9.40. The topological polar surface area (TPSA) is 55.4 Å². The van der Waals surface area contributed by atoms with Gasteiger partial charge in [0, 0.05) is 12.0 Å². The maximum Gasteiger partial charge on any atom is 0.332 e. The minimum Gasteiger partial charge on any atom is -0.341 e. The Morgan fingerprint density at radius 2 is 1.93 bits per heavy atom. The number of carbonyl (C=O) groups excluding carboxylic acids is 2. The van der Waals surface area contributed by atoms with Gasteiger partial charge in [0.15, 0.2) is 0 Å². The fourth-order valence-corrected chi connectivity index (χ4v) is 1.01. The van der Waals surface area contributed by atoms with E-state index in [1.165, 1.54) is 0 Å². The van der Waals surface area contributed by atoms with Crippen molar-refractivity contribution in [3.05, 3.63) is 35.9 Å². The summed E-state index contributed by atoms with van der Waals surface area (Å²) in [5.74, 6) is -0.846. The molecule has 0 unspecified atom stereocenters. The van der Waals surface area contributed by atoms with Gasteiger partial charge >= 0.3 is 5.97 Å². The summed E-state index contributed by atoms with van der Waals surface area (Å²) in [7, 11) is 0. The molecule has 0 saturated heterocycles. The number of hydrogen-bond acceptors (Lipinski definition) is 3. The van der Waals surface area contributed by atoms with Crippen molar-refractivity contribution in [1.29, 1.82) is 0 Å². The monoisotopic (exact) mass is 207 g/mol. The highest BCUT2D eigenvalue weighted by Crippen LogP contribution is 1.98. The first-order valence-corrected chi connectivity index (χ1v) is 4.79. The van der Waals surface area contributed by atoms with Gasteiger partial charge in [-0.15, -0.1) is 0 Å². The summed E-state index contributed by atoms with van der Waals surface area (Å²) in [6, 6.07) is 8.57. The van der Waals surface area contributed by atoms with E-state index >= 15 is 0 Å². The zero-order valence-electron chi connectivity index (χ0n) is 8.53. The molecule has 4 heteroatoms. The van der Waals surface area contributed by atoms with Crippen LogP contribution >= 0.6 is 0 Å². The summed E-state index contributed by atoms with van der Waals surface area (Å²) >= 11 is 0. The first kappa shape index (κ1) is 11.2. The molecule has 0 radical (unpaired) electrons. The van der Waals surface area contributed by atoms with E-state index in [0.717, 1.165) is 0 Å². The molecule has 0 aliphatic rings. The van der Waals surface area contributed by atoms with Crippen molar-refractivity contribution in [2.24, 2.45) is 0 Å². The molecule has 1 N–H and O–H groups in total. The minimum absolute atomic E-state index is 0.301. The molecule has 4 nitrogen and oxygen atoms in total. The van der Waals surface area contributed by atoms with E-state index in [-0.39, 0.29) is 0 Å². The summed E-state index contributed by atoms with van der Waals surface area (Å²) in [6.07, 6.45) is 0.995. The number of hydrogen-bond donors (Lipinski definition) is 1. The van der Waals surface area contributed by atoms with Gasteiger partial charge in [0.05, 0.1) is 0 Å². The minimum atomic E-state index is -0.429. The molecular weight excluding hydrogens is 194 g/mol. The van der Waals surface area contributed by atoms with Crippen molar-refractivity contribution in [2.75, 3.05) is 0 Å². The third kappa shape index (κ3) is 3.81. The zero-order chi connectivity index (χ0) is 11.1. The molecule has 1 aromatic carbocycles. The Hall–Kier alpha value is -1.84. The van der Waals surface area contributed by atoms with Crippen LogP contribution in [-0.2, 0) is 9.63 Å². The molecule has 1 rings (SSSR count). The van der Waals surface area contributed by atoms with Crippen molar-refractivity contribution in [1.82, 2.24) is 5.48 Å². The Kier molecular flexibility index (Phi) is 4.34. The maximum atomic E-state index is 11.4. The molecule has 15 heavy (non-hydrogen) atoms. The summed E-state index contributed by atoms with van der Waals surface area (Å²) in [6.45, 7) is 1.86. The lowest BCUT2D eigenvalue weighted by atomic mass is 10.2. The van der Waals surface area contributed by atoms with Crippen LogP contribution in [0.3, 0.4) is 0 Å². The molecule has 0 saturated carbocycles. The van der Waals surface area contributed by atoms with Gasteiger partial charge in [-0.2, -0.15) is 5.48 Å². The van der Waals surface area contributed by atoms with Gasteiger partial charge in [0.25, 0.3) is 5.91 Å². The highest BCUT2D eigenvalue weighted by Gasteiger charge is 2.07. The fraction of sp³-hybridized carbons (Fsp3) is 0.273. The summed E-state index contributed by atoms with van der Waals surface area (Å²) in [5, 5.41) is 0. The van der Waals surface area contributed by atoms with Crippen LogP contribution in [0.4, 0.5) is 0 Å². The number of carbonyl (C=O) groups is 2. The van der Waals surface area contributed by atoms with Gasteiger partial charge in [-0.3, -0.25) is 4.79 Å². The first-order chi connectivity index (χ1) is 7.24. The molecule has 80 valence electrons. The second kappa shape index (κ2) is 5.80. The van der Waals surface area contributed by atoms with Gasteiger partial charge in [0.1, 0.15) is 0 Å². The molecule has 1 amide bonds. The van der Waals surface area contributed by atoms with Gasteiger partial charge < -0.3 is 4.84 Å². The standard InChI is InChI=1S/C11H13NO3/c1-2-6-10(13)15-12-11(14)9-7-4-3-5-8-9/h3-5,7-8H,2,6H2,1H3,(H,12,14). The lowest BCUT2D eigenvalue weighted by molar-refractivity contribution is -0.149. The number of amides is 1. The molecule has 1 aromatic rings. The van der Waals surface area contributed by atoms with E-state index in [2.05, 4.69) is 10.3 Å². The van der Waals surface area contributed by atoms with Gasteiger partial charge in [-0.1, -0.05) is 25.1 Å².